The van der Waals surface area contributed by atoms with Gasteiger partial charge in [-0.25, -0.2) is 0 Å². The molecule has 0 unspecified atom stereocenters. The lowest BCUT2D eigenvalue weighted by molar-refractivity contribution is 0.0697. The SMILES string of the molecule is CC1CCN(C(=O)c2ccc3c(c2)C2=C(CCN(c4ccccc4)C2)[N]3)CC1. The maximum absolute atomic E-state index is 13.0. The summed E-state index contributed by atoms with van der Waals surface area (Å²) in [4.78, 5) is 17.4. The first-order chi connectivity index (χ1) is 13.7. The van der Waals surface area contributed by atoms with Gasteiger partial charge in [0, 0.05) is 60.7 Å². The Morgan fingerprint density at radius 1 is 1.04 bits per heavy atom. The van der Waals surface area contributed by atoms with Crippen LogP contribution in [-0.2, 0) is 0 Å². The molecule has 0 N–H and O–H groups in total. The second-order valence-corrected chi connectivity index (χ2v) is 8.25. The van der Waals surface area contributed by atoms with Gasteiger partial charge in [0.05, 0.1) is 5.69 Å². The van der Waals surface area contributed by atoms with Gasteiger partial charge in [-0.1, -0.05) is 25.1 Å². The van der Waals surface area contributed by atoms with Crippen LogP contribution in [0.25, 0.3) is 5.57 Å². The number of anilines is 1. The molecule has 3 aliphatic rings. The molecule has 3 aliphatic heterocycles. The number of carbonyl (C=O) groups is 1. The Balaban J connectivity index is 1.40. The number of fused-ring (bicyclic) bond motifs is 2. The summed E-state index contributed by atoms with van der Waals surface area (Å²) in [5.74, 6) is 0.890. The van der Waals surface area contributed by atoms with Crippen molar-refractivity contribution in [2.75, 3.05) is 31.1 Å². The molecule has 5 rings (SSSR count). The number of para-hydroxylation sites is 1. The van der Waals surface area contributed by atoms with Crippen molar-refractivity contribution in [3.63, 3.8) is 0 Å². The molecule has 4 heteroatoms. The number of likely N-dealkylation sites (tertiary alicyclic amines) is 1. The van der Waals surface area contributed by atoms with E-state index in [4.69, 9.17) is 5.32 Å². The van der Waals surface area contributed by atoms with Gasteiger partial charge in [0.1, 0.15) is 0 Å². The fourth-order valence-corrected chi connectivity index (χ4v) is 4.52. The first-order valence-electron chi connectivity index (χ1n) is 10.4. The molecule has 0 saturated carbocycles. The minimum atomic E-state index is 0.166. The molecule has 143 valence electrons. The molecule has 0 aromatic heterocycles. The van der Waals surface area contributed by atoms with Crippen LogP contribution < -0.4 is 10.2 Å². The second-order valence-electron chi connectivity index (χ2n) is 8.25. The second kappa shape index (κ2) is 7.01. The van der Waals surface area contributed by atoms with Crippen LogP contribution in [0.5, 0.6) is 0 Å². The molecule has 3 heterocycles. The monoisotopic (exact) mass is 372 g/mol. The minimum Gasteiger partial charge on any atom is -0.367 e. The van der Waals surface area contributed by atoms with E-state index in [2.05, 4.69) is 48.2 Å². The quantitative estimate of drug-likeness (QED) is 0.782. The van der Waals surface area contributed by atoms with Crippen molar-refractivity contribution >= 4 is 22.9 Å². The van der Waals surface area contributed by atoms with Gasteiger partial charge < -0.3 is 9.80 Å². The van der Waals surface area contributed by atoms with Gasteiger partial charge >= 0.3 is 0 Å². The van der Waals surface area contributed by atoms with E-state index in [0.29, 0.717) is 0 Å². The Morgan fingerprint density at radius 2 is 1.82 bits per heavy atom. The summed E-state index contributed by atoms with van der Waals surface area (Å²) in [7, 11) is 0. The van der Waals surface area contributed by atoms with E-state index >= 15 is 0 Å². The zero-order valence-corrected chi connectivity index (χ0v) is 16.4. The highest BCUT2D eigenvalue weighted by Gasteiger charge is 2.30. The summed E-state index contributed by atoms with van der Waals surface area (Å²) in [6, 6.07) is 16.6. The van der Waals surface area contributed by atoms with Gasteiger partial charge in [0.25, 0.3) is 5.91 Å². The fourth-order valence-electron chi connectivity index (χ4n) is 4.52. The van der Waals surface area contributed by atoms with Crippen molar-refractivity contribution < 1.29 is 4.79 Å². The van der Waals surface area contributed by atoms with E-state index in [1.165, 1.54) is 17.0 Å². The molecular weight excluding hydrogens is 346 g/mol. The highest BCUT2D eigenvalue weighted by atomic mass is 16.2. The van der Waals surface area contributed by atoms with E-state index in [0.717, 1.165) is 68.2 Å². The summed E-state index contributed by atoms with van der Waals surface area (Å²) in [6.07, 6.45) is 3.16. The van der Waals surface area contributed by atoms with E-state index in [9.17, 15) is 4.79 Å². The topological polar surface area (TPSA) is 37.7 Å². The molecule has 1 fully saturated rings. The molecule has 4 nitrogen and oxygen atoms in total. The number of piperidine rings is 1. The largest absolute Gasteiger partial charge is 0.367 e. The Bertz CT molecular complexity index is 926. The van der Waals surface area contributed by atoms with Crippen LogP contribution in [-0.4, -0.2) is 37.0 Å². The average Bonchev–Trinajstić information content (AvgIpc) is 3.11. The van der Waals surface area contributed by atoms with Gasteiger partial charge in [0.15, 0.2) is 0 Å². The van der Waals surface area contributed by atoms with Crippen LogP contribution in [0.1, 0.15) is 42.1 Å². The highest BCUT2D eigenvalue weighted by molar-refractivity contribution is 5.97. The first-order valence-corrected chi connectivity index (χ1v) is 10.4. The first kappa shape index (κ1) is 17.4. The van der Waals surface area contributed by atoms with Crippen LogP contribution in [0.4, 0.5) is 11.4 Å². The lowest BCUT2D eigenvalue weighted by atomic mass is 9.96. The van der Waals surface area contributed by atoms with E-state index < -0.39 is 0 Å². The van der Waals surface area contributed by atoms with E-state index in [1.54, 1.807) is 0 Å². The van der Waals surface area contributed by atoms with Gasteiger partial charge in [0.2, 0.25) is 0 Å². The summed E-state index contributed by atoms with van der Waals surface area (Å²) < 4.78 is 0. The van der Waals surface area contributed by atoms with Crippen molar-refractivity contribution in [2.24, 2.45) is 5.92 Å². The number of hydrogen-bond acceptors (Lipinski definition) is 2. The summed E-state index contributed by atoms with van der Waals surface area (Å²) >= 11 is 0. The predicted octanol–water partition coefficient (Wildman–Crippen LogP) is 4.43. The standard InChI is InChI=1S/C24H26N3O/c1-17-9-12-26(13-10-17)24(28)18-7-8-22-20(15-18)21-16-27(14-11-23(21)25-22)19-5-3-2-4-6-19/h2-8,15,17H,9-14,16H2,1H3. The van der Waals surface area contributed by atoms with Crippen LogP contribution in [0.2, 0.25) is 0 Å². The normalized spacial score (nSPS) is 19.3. The Kier molecular flexibility index (Phi) is 4.34. The maximum atomic E-state index is 13.0. The van der Waals surface area contributed by atoms with Gasteiger partial charge in [-0.05, 0) is 49.1 Å². The Labute approximate surface area is 166 Å². The van der Waals surface area contributed by atoms with Crippen LogP contribution in [0, 0.1) is 5.92 Å². The summed E-state index contributed by atoms with van der Waals surface area (Å²) in [5, 5.41) is 4.85. The fraction of sp³-hybridized carbons (Fsp3) is 0.375. The zero-order valence-electron chi connectivity index (χ0n) is 16.4. The molecule has 1 radical (unpaired) electrons. The Morgan fingerprint density at radius 3 is 2.61 bits per heavy atom. The van der Waals surface area contributed by atoms with Crippen LogP contribution >= 0.6 is 0 Å². The van der Waals surface area contributed by atoms with Crippen LogP contribution in [0.3, 0.4) is 0 Å². The number of carbonyl (C=O) groups excluding carboxylic acids is 1. The lowest BCUT2D eigenvalue weighted by Crippen LogP contribution is -2.37. The Hall–Kier alpha value is -2.75. The molecule has 0 bridgehead atoms. The lowest BCUT2D eigenvalue weighted by Gasteiger charge is -2.31. The maximum Gasteiger partial charge on any atom is 0.253 e. The molecule has 28 heavy (non-hydrogen) atoms. The average molecular weight is 372 g/mol. The molecule has 0 atom stereocenters. The molecule has 0 spiro atoms. The van der Waals surface area contributed by atoms with Crippen molar-refractivity contribution in [3.8, 4) is 0 Å². The van der Waals surface area contributed by atoms with Crippen molar-refractivity contribution in [2.45, 2.75) is 26.2 Å². The molecule has 2 aromatic carbocycles. The number of amides is 1. The predicted molar refractivity (Wildman–Crippen MR) is 113 cm³/mol. The van der Waals surface area contributed by atoms with Crippen molar-refractivity contribution in [1.82, 2.24) is 10.2 Å². The minimum absolute atomic E-state index is 0.166. The van der Waals surface area contributed by atoms with Gasteiger partial charge in [-0.15, -0.1) is 0 Å². The molecule has 1 amide bonds. The number of nitrogens with zero attached hydrogens (tertiary/aromatic N) is 3. The third-order valence-electron chi connectivity index (χ3n) is 6.33. The third-order valence-corrected chi connectivity index (χ3v) is 6.33. The zero-order chi connectivity index (χ0) is 19.1. The van der Waals surface area contributed by atoms with Gasteiger partial charge in [-0.2, -0.15) is 0 Å². The molecule has 0 aliphatic carbocycles. The van der Waals surface area contributed by atoms with Crippen LogP contribution in [0.15, 0.2) is 54.2 Å². The third kappa shape index (κ3) is 3.07. The van der Waals surface area contributed by atoms with Crippen molar-refractivity contribution in [1.29, 1.82) is 0 Å². The smallest absolute Gasteiger partial charge is 0.253 e. The van der Waals surface area contributed by atoms with Gasteiger partial charge in [-0.3, -0.25) is 10.1 Å². The molecular formula is C24H26N3O. The van der Waals surface area contributed by atoms with E-state index in [1.807, 2.05) is 17.0 Å². The summed E-state index contributed by atoms with van der Waals surface area (Å²) in [5.41, 5.74) is 6.69. The molecule has 2 aromatic rings. The number of benzene rings is 2. The number of hydrogen-bond donors (Lipinski definition) is 0. The summed E-state index contributed by atoms with van der Waals surface area (Å²) in [6.45, 7) is 5.86. The number of rotatable bonds is 2. The highest BCUT2D eigenvalue weighted by Crippen LogP contribution is 2.40. The molecule has 1 saturated heterocycles. The van der Waals surface area contributed by atoms with E-state index in [-0.39, 0.29) is 5.91 Å². The van der Waals surface area contributed by atoms with Crippen molar-refractivity contribution in [3.05, 3.63) is 65.4 Å².